The monoisotopic (exact) mass is 367 g/mol. The van der Waals surface area contributed by atoms with Crippen molar-refractivity contribution in [1.29, 1.82) is 5.26 Å². The molecule has 6 N–H and O–H groups in total. The summed E-state index contributed by atoms with van der Waals surface area (Å²) in [4.78, 5) is 15.3. The van der Waals surface area contributed by atoms with Crippen LogP contribution >= 0.6 is 0 Å². The largest absolute Gasteiger partial charge is 0.508 e. The maximum Gasteiger partial charge on any atom is 0.508 e. The Morgan fingerprint density at radius 3 is 2.96 bits per heavy atom. The SMILES string of the molecule is CCOC(=O)OC[C@]1(C#N)CCC(c2ccc3c(N)ncnn23)O1.O.O. The quantitative estimate of drug-likeness (QED) is 0.727. The van der Waals surface area contributed by atoms with Crippen molar-refractivity contribution < 1.29 is 30.0 Å². The molecule has 0 spiro atoms. The molecule has 2 aromatic heterocycles. The van der Waals surface area contributed by atoms with Crippen molar-refractivity contribution in [2.75, 3.05) is 18.9 Å². The maximum absolute atomic E-state index is 11.3. The third kappa shape index (κ3) is 3.83. The van der Waals surface area contributed by atoms with Crippen LogP contribution in [0.3, 0.4) is 0 Å². The molecule has 142 valence electrons. The third-order valence-electron chi connectivity index (χ3n) is 3.91. The number of nitrogens with zero attached hydrogens (tertiary/aromatic N) is 4. The van der Waals surface area contributed by atoms with E-state index in [1.807, 2.05) is 6.07 Å². The first kappa shape index (κ1) is 21.1. The van der Waals surface area contributed by atoms with Gasteiger partial charge in [-0.05, 0) is 31.9 Å². The molecular weight excluding hydrogens is 346 g/mol. The number of hydrogen-bond donors (Lipinski definition) is 1. The number of ether oxygens (including phenoxy) is 3. The van der Waals surface area contributed by atoms with Gasteiger partial charge in [0.05, 0.1) is 12.3 Å². The molecule has 0 aromatic carbocycles. The lowest BCUT2D eigenvalue weighted by Gasteiger charge is -2.21. The van der Waals surface area contributed by atoms with Gasteiger partial charge in [0.25, 0.3) is 0 Å². The van der Waals surface area contributed by atoms with Gasteiger partial charge in [-0.2, -0.15) is 10.4 Å². The maximum atomic E-state index is 11.3. The molecule has 0 bridgehead atoms. The van der Waals surface area contributed by atoms with E-state index in [1.165, 1.54) is 6.33 Å². The summed E-state index contributed by atoms with van der Waals surface area (Å²) in [6, 6.07) is 5.74. The average Bonchev–Trinajstić information content (AvgIpc) is 3.19. The molecule has 1 fully saturated rings. The molecule has 0 radical (unpaired) electrons. The van der Waals surface area contributed by atoms with E-state index in [-0.39, 0.29) is 30.3 Å². The van der Waals surface area contributed by atoms with Crippen LogP contribution in [0, 0.1) is 11.3 Å². The van der Waals surface area contributed by atoms with Gasteiger partial charge in [-0.15, -0.1) is 0 Å². The second kappa shape index (κ2) is 8.43. The Bertz CT molecular complexity index is 803. The average molecular weight is 367 g/mol. The number of rotatable bonds is 4. The number of nitrogen functional groups attached to an aromatic ring is 1. The molecule has 11 heteroatoms. The Labute approximate surface area is 148 Å². The molecule has 26 heavy (non-hydrogen) atoms. The van der Waals surface area contributed by atoms with E-state index in [0.717, 1.165) is 5.69 Å². The second-order valence-electron chi connectivity index (χ2n) is 5.42. The highest BCUT2D eigenvalue weighted by molar-refractivity contribution is 5.65. The van der Waals surface area contributed by atoms with Crippen molar-refractivity contribution in [2.45, 2.75) is 31.5 Å². The summed E-state index contributed by atoms with van der Waals surface area (Å²) >= 11 is 0. The molecule has 1 saturated heterocycles. The Hall–Kier alpha value is -2.94. The first-order chi connectivity index (χ1) is 11.6. The topological polar surface area (TPSA) is 188 Å². The fourth-order valence-corrected chi connectivity index (χ4v) is 2.74. The molecule has 2 aromatic rings. The summed E-state index contributed by atoms with van der Waals surface area (Å²) in [7, 11) is 0. The zero-order valence-corrected chi connectivity index (χ0v) is 14.1. The van der Waals surface area contributed by atoms with Crippen molar-refractivity contribution in [3.8, 4) is 6.07 Å². The summed E-state index contributed by atoms with van der Waals surface area (Å²) < 4.78 is 17.2. The highest BCUT2D eigenvalue weighted by Crippen LogP contribution is 2.40. The summed E-state index contributed by atoms with van der Waals surface area (Å²) in [5.74, 6) is 0.367. The number of fused-ring (bicyclic) bond motifs is 1. The number of hydrogen-bond acceptors (Lipinski definition) is 8. The van der Waals surface area contributed by atoms with Crippen molar-refractivity contribution in [3.05, 3.63) is 24.2 Å². The number of nitrogens with two attached hydrogens (primary N) is 1. The van der Waals surface area contributed by atoms with E-state index >= 15 is 0 Å². The van der Waals surface area contributed by atoms with Gasteiger partial charge in [0.2, 0.25) is 0 Å². The van der Waals surface area contributed by atoms with Gasteiger partial charge in [0, 0.05) is 0 Å². The molecule has 0 aliphatic carbocycles. The van der Waals surface area contributed by atoms with E-state index in [0.29, 0.717) is 24.2 Å². The fraction of sp³-hybridized carbons (Fsp3) is 0.467. The van der Waals surface area contributed by atoms with Crippen LogP contribution < -0.4 is 5.73 Å². The predicted molar refractivity (Wildman–Crippen MR) is 89.0 cm³/mol. The summed E-state index contributed by atoms with van der Waals surface area (Å²) in [5.41, 5.74) is 6.07. The molecule has 11 nitrogen and oxygen atoms in total. The smallest absolute Gasteiger partial charge is 0.435 e. The van der Waals surface area contributed by atoms with E-state index in [2.05, 4.69) is 16.2 Å². The number of carbonyl (C=O) groups excluding carboxylic acids is 1. The fourth-order valence-electron chi connectivity index (χ4n) is 2.74. The Balaban J connectivity index is 0.00000169. The number of aromatic nitrogens is 3. The highest BCUT2D eigenvalue weighted by atomic mass is 16.7. The van der Waals surface area contributed by atoms with Crippen molar-refractivity contribution in [3.63, 3.8) is 0 Å². The van der Waals surface area contributed by atoms with Crippen LogP contribution in [0.25, 0.3) is 5.52 Å². The summed E-state index contributed by atoms with van der Waals surface area (Å²) in [5, 5.41) is 13.6. The normalized spacial score (nSPS) is 21.3. The molecule has 1 aliphatic rings. The first-order valence-electron chi connectivity index (χ1n) is 7.55. The van der Waals surface area contributed by atoms with Gasteiger partial charge in [0.15, 0.2) is 11.4 Å². The standard InChI is InChI=1S/C15H17N5O4.2H2O/c1-2-22-14(21)23-8-15(7-16)6-5-12(24-15)10-3-4-11-13(17)18-9-19-20(10)11;;/h3-4,9,12H,2,5-6,8H2,1H3,(H2,17,18,19);2*1H2/t12?,15-;;/m1../s1. The molecule has 3 heterocycles. The van der Waals surface area contributed by atoms with Crippen LogP contribution in [0.1, 0.15) is 31.6 Å². The van der Waals surface area contributed by atoms with Gasteiger partial charge >= 0.3 is 6.16 Å². The lowest BCUT2D eigenvalue weighted by molar-refractivity contribution is -0.0544. The van der Waals surface area contributed by atoms with E-state index < -0.39 is 11.8 Å². The molecule has 0 amide bonds. The third-order valence-corrected chi connectivity index (χ3v) is 3.91. The van der Waals surface area contributed by atoms with Gasteiger partial charge in [-0.1, -0.05) is 0 Å². The van der Waals surface area contributed by atoms with E-state index in [9.17, 15) is 10.1 Å². The molecule has 1 aliphatic heterocycles. The van der Waals surface area contributed by atoms with Crippen LogP contribution in [0.4, 0.5) is 10.6 Å². The van der Waals surface area contributed by atoms with Crippen molar-refractivity contribution in [2.24, 2.45) is 0 Å². The van der Waals surface area contributed by atoms with Crippen molar-refractivity contribution >= 4 is 17.5 Å². The minimum absolute atomic E-state index is 0. The summed E-state index contributed by atoms with van der Waals surface area (Å²) in [6.45, 7) is 1.70. The van der Waals surface area contributed by atoms with Crippen LogP contribution in [-0.4, -0.2) is 50.5 Å². The molecular formula is C15H21N5O6. The van der Waals surface area contributed by atoms with E-state index in [1.54, 1.807) is 17.5 Å². The molecule has 2 atom stereocenters. The van der Waals surface area contributed by atoms with Crippen LogP contribution in [-0.2, 0) is 14.2 Å². The minimum Gasteiger partial charge on any atom is -0.435 e. The number of carbonyl (C=O) groups is 1. The van der Waals surface area contributed by atoms with Gasteiger partial charge < -0.3 is 30.9 Å². The molecule has 1 unspecified atom stereocenters. The molecule has 0 saturated carbocycles. The molecule has 3 rings (SSSR count). The predicted octanol–water partition coefficient (Wildman–Crippen LogP) is -0.0509. The summed E-state index contributed by atoms with van der Waals surface area (Å²) in [6.07, 6.45) is 1.22. The number of anilines is 1. The van der Waals surface area contributed by atoms with E-state index in [4.69, 9.17) is 19.9 Å². The zero-order valence-electron chi connectivity index (χ0n) is 14.1. The van der Waals surface area contributed by atoms with Gasteiger partial charge in [0.1, 0.15) is 30.6 Å². The van der Waals surface area contributed by atoms with Gasteiger partial charge in [-0.25, -0.2) is 14.3 Å². The Kier molecular flexibility index (Phi) is 6.85. The second-order valence-corrected chi connectivity index (χ2v) is 5.42. The van der Waals surface area contributed by atoms with Crippen LogP contribution in [0.15, 0.2) is 18.5 Å². The Morgan fingerprint density at radius 2 is 2.27 bits per heavy atom. The minimum atomic E-state index is -1.19. The Morgan fingerprint density at radius 1 is 1.50 bits per heavy atom. The van der Waals surface area contributed by atoms with Crippen molar-refractivity contribution in [1.82, 2.24) is 14.6 Å². The lowest BCUT2D eigenvalue weighted by Crippen LogP contribution is -2.33. The lowest BCUT2D eigenvalue weighted by atomic mass is 10.0. The highest BCUT2D eigenvalue weighted by Gasteiger charge is 2.43. The zero-order chi connectivity index (χ0) is 17.2. The first-order valence-corrected chi connectivity index (χ1v) is 7.55. The van der Waals surface area contributed by atoms with Crippen LogP contribution in [0.2, 0.25) is 0 Å². The number of nitriles is 1. The van der Waals surface area contributed by atoms with Crippen LogP contribution in [0.5, 0.6) is 0 Å². The van der Waals surface area contributed by atoms with Gasteiger partial charge in [-0.3, -0.25) is 0 Å².